The molecule has 1 aromatic carbocycles. The van der Waals surface area contributed by atoms with Crippen molar-refractivity contribution in [1.29, 1.82) is 0 Å². The van der Waals surface area contributed by atoms with E-state index < -0.39 is 0 Å². The molecule has 0 bridgehead atoms. The van der Waals surface area contributed by atoms with Crippen LogP contribution in [0.2, 0.25) is 0 Å². The Kier molecular flexibility index (Phi) is 3.80. The molecule has 76 valence electrons. The standard InChI is InChI=1S/C10H12BrFN2/c1-6(2)10(14-13)9-7(11)4-3-5-8(9)12/h3-5,10,14H,1,13H2,2H3. The highest BCUT2D eigenvalue weighted by Crippen LogP contribution is 2.29. The van der Waals surface area contributed by atoms with Gasteiger partial charge in [0, 0.05) is 10.0 Å². The maximum Gasteiger partial charge on any atom is 0.129 e. The third-order valence-electron chi connectivity index (χ3n) is 1.95. The zero-order chi connectivity index (χ0) is 10.7. The molecule has 1 atom stereocenters. The van der Waals surface area contributed by atoms with Crippen molar-refractivity contribution in [3.8, 4) is 0 Å². The van der Waals surface area contributed by atoms with Crippen LogP contribution in [0, 0.1) is 5.82 Å². The van der Waals surface area contributed by atoms with Gasteiger partial charge in [-0.15, -0.1) is 0 Å². The molecule has 0 aliphatic rings. The normalized spacial score (nSPS) is 12.6. The fourth-order valence-electron chi connectivity index (χ4n) is 1.26. The number of nitrogens with one attached hydrogen (secondary N) is 1. The first kappa shape index (κ1) is 11.4. The molecule has 4 heteroatoms. The zero-order valence-electron chi connectivity index (χ0n) is 7.85. The summed E-state index contributed by atoms with van der Waals surface area (Å²) >= 11 is 3.28. The maximum absolute atomic E-state index is 13.5. The van der Waals surface area contributed by atoms with E-state index >= 15 is 0 Å². The number of halogens is 2. The third-order valence-corrected chi connectivity index (χ3v) is 2.64. The van der Waals surface area contributed by atoms with E-state index in [-0.39, 0.29) is 11.9 Å². The molecule has 0 amide bonds. The molecule has 0 aromatic heterocycles. The molecular weight excluding hydrogens is 247 g/mol. The van der Waals surface area contributed by atoms with Gasteiger partial charge in [0.25, 0.3) is 0 Å². The maximum atomic E-state index is 13.5. The van der Waals surface area contributed by atoms with E-state index in [1.165, 1.54) is 6.07 Å². The smallest absolute Gasteiger partial charge is 0.129 e. The Balaban J connectivity index is 3.22. The van der Waals surface area contributed by atoms with E-state index in [0.717, 1.165) is 5.57 Å². The van der Waals surface area contributed by atoms with Crippen molar-refractivity contribution in [2.75, 3.05) is 0 Å². The first-order valence-electron chi connectivity index (χ1n) is 4.13. The van der Waals surface area contributed by atoms with Crippen molar-refractivity contribution >= 4 is 15.9 Å². The van der Waals surface area contributed by atoms with Crippen LogP contribution in [0.25, 0.3) is 0 Å². The molecule has 0 saturated carbocycles. The lowest BCUT2D eigenvalue weighted by molar-refractivity contribution is 0.553. The number of hydrogen-bond acceptors (Lipinski definition) is 2. The molecule has 2 nitrogen and oxygen atoms in total. The fraction of sp³-hybridized carbons (Fsp3) is 0.200. The topological polar surface area (TPSA) is 38.0 Å². The van der Waals surface area contributed by atoms with Gasteiger partial charge in [0.2, 0.25) is 0 Å². The monoisotopic (exact) mass is 258 g/mol. The minimum absolute atomic E-state index is 0.301. The quantitative estimate of drug-likeness (QED) is 0.497. The second-order valence-corrected chi connectivity index (χ2v) is 3.94. The molecule has 0 heterocycles. The van der Waals surface area contributed by atoms with E-state index in [9.17, 15) is 4.39 Å². The first-order chi connectivity index (χ1) is 6.57. The Hall–Kier alpha value is -0.710. The first-order valence-corrected chi connectivity index (χ1v) is 4.92. The summed E-state index contributed by atoms with van der Waals surface area (Å²) in [6.07, 6.45) is 0. The van der Waals surface area contributed by atoms with Crippen LogP contribution in [0.5, 0.6) is 0 Å². The summed E-state index contributed by atoms with van der Waals surface area (Å²) in [6.45, 7) is 5.55. The van der Waals surface area contributed by atoms with E-state index in [4.69, 9.17) is 5.84 Å². The molecule has 0 fully saturated rings. The minimum atomic E-state index is -0.370. The molecule has 14 heavy (non-hydrogen) atoms. The van der Waals surface area contributed by atoms with Gasteiger partial charge < -0.3 is 0 Å². The lowest BCUT2D eigenvalue weighted by Gasteiger charge is -2.18. The van der Waals surface area contributed by atoms with Crippen molar-refractivity contribution in [2.45, 2.75) is 13.0 Å². The number of hydrazine groups is 1. The summed E-state index contributed by atoms with van der Waals surface area (Å²) < 4.78 is 14.2. The predicted molar refractivity (Wildman–Crippen MR) is 59.0 cm³/mol. The second-order valence-electron chi connectivity index (χ2n) is 3.08. The van der Waals surface area contributed by atoms with Crippen LogP contribution >= 0.6 is 15.9 Å². The third kappa shape index (κ3) is 2.20. The number of rotatable bonds is 3. The summed E-state index contributed by atoms with van der Waals surface area (Å²) in [5.74, 6) is 5.04. The second kappa shape index (κ2) is 4.68. The predicted octanol–water partition coefficient (Wildman–Crippen LogP) is 2.67. The average molecular weight is 259 g/mol. The molecule has 0 spiro atoms. The molecule has 3 N–H and O–H groups in total. The van der Waals surface area contributed by atoms with Crippen LogP contribution in [0.15, 0.2) is 34.8 Å². The Bertz CT molecular complexity index is 332. The minimum Gasteiger partial charge on any atom is -0.271 e. The lowest BCUT2D eigenvalue weighted by Crippen LogP contribution is -2.29. The van der Waals surface area contributed by atoms with Crippen LogP contribution in [0.3, 0.4) is 0 Å². The van der Waals surface area contributed by atoms with Crippen LogP contribution in [-0.4, -0.2) is 0 Å². The number of benzene rings is 1. The van der Waals surface area contributed by atoms with Gasteiger partial charge >= 0.3 is 0 Å². The van der Waals surface area contributed by atoms with E-state index in [2.05, 4.69) is 27.9 Å². The molecule has 1 aromatic rings. The van der Waals surface area contributed by atoms with Gasteiger partial charge in [-0.25, -0.2) is 9.82 Å². The Labute approximate surface area is 91.1 Å². The van der Waals surface area contributed by atoms with Gasteiger partial charge in [0.1, 0.15) is 5.82 Å². The van der Waals surface area contributed by atoms with E-state index in [1.54, 1.807) is 19.1 Å². The molecule has 0 aliphatic heterocycles. The average Bonchev–Trinajstić information content (AvgIpc) is 2.10. The summed E-state index contributed by atoms with van der Waals surface area (Å²) in [6, 6.07) is 4.43. The molecular formula is C10H12BrFN2. The van der Waals surface area contributed by atoms with Crippen molar-refractivity contribution in [3.63, 3.8) is 0 Å². The highest BCUT2D eigenvalue weighted by Gasteiger charge is 2.17. The van der Waals surface area contributed by atoms with Gasteiger partial charge in [0.15, 0.2) is 0 Å². The Morgan fingerprint density at radius 1 is 1.64 bits per heavy atom. The van der Waals surface area contributed by atoms with Crippen LogP contribution in [0.4, 0.5) is 4.39 Å². The van der Waals surface area contributed by atoms with Crippen LogP contribution in [0.1, 0.15) is 18.5 Å². The summed E-state index contributed by atoms with van der Waals surface area (Å²) in [5.41, 5.74) is 3.78. The van der Waals surface area contributed by atoms with Gasteiger partial charge in [-0.2, -0.15) is 0 Å². The fourth-order valence-corrected chi connectivity index (χ4v) is 1.83. The van der Waals surface area contributed by atoms with Crippen molar-refractivity contribution in [1.82, 2.24) is 5.43 Å². The van der Waals surface area contributed by atoms with Gasteiger partial charge in [-0.05, 0) is 19.1 Å². The SMILES string of the molecule is C=C(C)C(NN)c1c(F)cccc1Br. The van der Waals surface area contributed by atoms with Crippen LogP contribution < -0.4 is 11.3 Å². The highest BCUT2D eigenvalue weighted by molar-refractivity contribution is 9.10. The highest BCUT2D eigenvalue weighted by atomic mass is 79.9. The van der Waals surface area contributed by atoms with E-state index in [0.29, 0.717) is 10.0 Å². The van der Waals surface area contributed by atoms with Crippen molar-refractivity contribution in [3.05, 3.63) is 46.2 Å². The number of nitrogens with two attached hydrogens (primary N) is 1. The van der Waals surface area contributed by atoms with E-state index in [1.807, 2.05) is 0 Å². The molecule has 1 unspecified atom stereocenters. The molecule has 0 aliphatic carbocycles. The number of hydrogen-bond donors (Lipinski definition) is 2. The van der Waals surface area contributed by atoms with Gasteiger partial charge in [-0.3, -0.25) is 5.84 Å². The zero-order valence-corrected chi connectivity index (χ0v) is 9.44. The van der Waals surface area contributed by atoms with Crippen molar-refractivity contribution < 1.29 is 4.39 Å². The lowest BCUT2D eigenvalue weighted by atomic mass is 10.0. The van der Waals surface area contributed by atoms with Crippen LogP contribution in [-0.2, 0) is 0 Å². The largest absolute Gasteiger partial charge is 0.271 e. The molecule has 0 radical (unpaired) electrons. The van der Waals surface area contributed by atoms with Crippen molar-refractivity contribution in [2.24, 2.45) is 5.84 Å². The Morgan fingerprint density at radius 2 is 2.29 bits per heavy atom. The van der Waals surface area contributed by atoms with Gasteiger partial charge in [0.05, 0.1) is 6.04 Å². The Morgan fingerprint density at radius 3 is 2.71 bits per heavy atom. The summed E-state index contributed by atoms with van der Waals surface area (Å²) in [4.78, 5) is 0. The molecule has 0 saturated heterocycles. The van der Waals surface area contributed by atoms with Gasteiger partial charge in [-0.1, -0.05) is 34.1 Å². The summed E-state index contributed by atoms with van der Waals surface area (Å²) in [7, 11) is 0. The summed E-state index contributed by atoms with van der Waals surface area (Å²) in [5, 5.41) is 0. The molecule has 1 rings (SSSR count).